The number of ether oxygens (including phenoxy) is 1. The van der Waals surface area contributed by atoms with Crippen LogP contribution in [-0.2, 0) is 17.8 Å². The van der Waals surface area contributed by atoms with Gasteiger partial charge >= 0.3 is 0 Å². The van der Waals surface area contributed by atoms with Crippen molar-refractivity contribution in [2.24, 2.45) is 0 Å². The molecule has 0 aliphatic rings. The molecule has 0 atom stereocenters. The van der Waals surface area contributed by atoms with Gasteiger partial charge in [-0.05, 0) is 36.2 Å². The number of aliphatic hydroxyl groups excluding tert-OH is 1. The second kappa shape index (κ2) is 7.40. The number of rotatable bonds is 6. The Morgan fingerprint density at radius 2 is 2.00 bits per heavy atom. The second-order valence-corrected chi connectivity index (χ2v) is 4.51. The number of anilines is 1. The van der Waals surface area contributed by atoms with Gasteiger partial charge in [-0.1, -0.05) is 25.1 Å². The molecule has 21 heavy (non-hydrogen) atoms. The molecule has 1 aromatic heterocycles. The summed E-state index contributed by atoms with van der Waals surface area (Å²) >= 11 is 0. The van der Waals surface area contributed by atoms with Crippen LogP contribution in [0.1, 0.15) is 18.2 Å². The molecule has 0 bridgehead atoms. The predicted molar refractivity (Wildman–Crippen MR) is 80.1 cm³/mol. The van der Waals surface area contributed by atoms with Crippen LogP contribution >= 0.6 is 0 Å². The van der Waals surface area contributed by atoms with Crippen molar-refractivity contribution in [2.75, 3.05) is 11.9 Å². The minimum atomic E-state index is -0.294. The molecule has 5 nitrogen and oxygen atoms in total. The molecular weight excluding hydrogens is 268 g/mol. The van der Waals surface area contributed by atoms with E-state index in [1.807, 2.05) is 24.3 Å². The average molecular weight is 286 g/mol. The number of hydrogen-bond donors (Lipinski definition) is 2. The van der Waals surface area contributed by atoms with Crippen molar-refractivity contribution in [3.8, 4) is 5.75 Å². The lowest BCUT2D eigenvalue weighted by molar-refractivity contribution is -0.118. The highest BCUT2D eigenvalue weighted by molar-refractivity contribution is 5.90. The summed E-state index contributed by atoms with van der Waals surface area (Å²) in [6.07, 6.45) is 0.966. The average Bonchev–Trinajstić information content (AvgIpc) is 2.53. The molecule has 0 saturated carbocycles. The molecule has 0 aliphatic heterocycles. The summed E-state index contributed by atoms with van der Waals surface area (Å²) in [5.74, 6) is 0.757. The lowest BCUT2D eigenvalue weighted by Crippen LogP contribution is -2.21. The van der Waals surface area contributed by atoms with Gasteiger partial charge in [-0.15, -0.1) is 0 Å². The molecule has 0 saturated heterocycles. The minimum absolute atomic E-state index is 0.0868. The molecule has 2 rings (SSSR count). The number of nitrogens with one attached hydrogen (secondary N) is 1. The van der Waals surface area contributed by atoms with Crippen LogP contribution in [0.3, 0.4) is 0 Å². The topological polar surface area (TPSA) is 71.5 Å². The second-order valence-electron chi connectivity index (χ2n) is 4.51. The quantitative estimate of drug-likeness (QED) is 0.853. The van der Waals surface area contributed by atoms with Gasteiger partial charge in [0.2, 0.25) is 0 Å². The van der Waals surface area contributed by atoms with Gasteiger partial charge in [0.25, 0.3) is 5.91 Å². The van der Waals surface area contributed by atoms with E-state index in [-0.39, 0.29) is 19.1 Å². The Bertz CT molecular complexity index is 597. The number of aliphatic hydroxyl groups is 1. The van der Waals surface area contributed by atoms with Gasteiger partial charge in [-0.2, -0.15) is 0 Å². The Morgan fingerprint density at radius 3 is 2.67 bits per heavy atom. The number of amides is 1. The van der Waals surface area contributed by atoms with Crippen LogP contribution in [0.2, 0.25) is 0 Å². The third-order valence-corrected chi connectivity index (χ3v) is 2.94. The largest absolute Gasteiger partial charge is 0.484 e. The molecule has 1 heterocycles. The van der Waals surface area contributed by atoms with E-state index >= 15 is 0 Å². The van der Waals surface area contributed by atoms with Crippen molar-refractivity contribution in [3.63, 3.8) is 0 Å². The zero-order valence-electron chi connectivity index (χ0n) is 11.9. The van der Waals surface area contributed by atoms with E-state index in [0.717, 1.165) is 6.42 Å². The van der Waals surface area contributed by atoms with E-state index in [9.17, 15) is 4.79 Å². The number of pyridine rings is 1. The Kier molecular flexibility index (Phi) is 5.29. The van der Waals surface area contributed by atoms with Crippen molar-refractivity contribution in [2.45, 2.75) is 20.0 Å². The van der Waals surface area contributed by atoms with E-state index in [1.165, 1.54) is 5.56 Å². The number of aromatic nitrogens is 1. The van der Waals surface area contributed by atoms with Crippen LogP contribution in [0, 0.1) is 0 Å². The zero-order valence-corrected chi connectivity index (χ0v) is 11.9. The third kappa shape index (κ3) is 4.57. The number of carbonyl (C=O) groups is 1. The van der Waals surface area contributed by atoms with Gasteiger partial charge in [-0.25, -0.2) is 4.98 Å². The van der Waals surface area contributed by atoms with Crippen LogP contribution in [0.5, 0.6) is 5.75 Å². The fourth-order valence-electron chi connectivity index (χ4n) is 1.79. The smallest absolute Gasteiger partial charge is 0.263 e. The zero-order chi connectivity index (χ0) is 15.1. The number of hydrogen-bond acceptors (Lipinski definition) is 4. The summed E-state index contributed by atoms with van der Waals surface area (Å²) in [6.45, 7) is 1.83. The van der Waals surface area contributed by atoms with Crippen LogP contribution in [0.4, 0.5) is 5.82 Å². The molecule has 5 heteroatoms. The summed E-state index contributed by atoms with van der Waals surface area (Å²) in [5, 5.41) is 11.6. The molecule has 2 aromatic rings. The summed E-state index contributed by atoms with van der Waals surface area (Å²) in [5.41, 5.74) is 1.72. The van der Waals surface area contributed by atoms with E-state index in [4.69, 9.17) is 9.84 Å². The third-order valence-electron chi connectivity index (χ3n) is 2.94. The molecule has 0 fully saturated rings. The van der Waals surface area contributed by atoms with Gasteiger partial charge in [0.15, 0.2) is 6.61 Å². The summed E-state index contributed by atoms with van der Waals surface area (Å²) in [6, 6.07) is 12.7. The van der Waals surface area contributed by atoms with Crippen LogP contribution in [0.15, 0.2) is 42.5 Å². The maximum Gasteiger partial charge on any atom is 0.263 e. The molecule has 110 valence electrons. The van der Waals surface area contributed by atoms with E-state index in [1.54, 1.807) is 18.2 Å². The molecule has 0 radical (unpaired) electrons. The maximum atomic E-state index is 11.8. The normalized spacial score (nSPS) is 10.2. The predicted octanol–water partition coefficient (Wildman–Crippen LogP) is 2.15. The number of carbonyl (C=O) groups excluding carboxylic acids is 1. The fourth-order valence-corrected chi connectivity index (χ4v) is 1.79. The fraction of sp³-hybridized carbons (Fsp3) is 0.250. The summed E-state index contributed by atoms with van der Waals surface area (Å²) < 4.78 is 5.41. The number of nitrogens with zero attached hydrogens (tertiary/aromatic N) is 1. The highest BCUT2D eigenvalue weighted by atomic mass is 16.5. The highest BCUT2D eigenvalue weighted by Gasteiger charge is 2.05. The lowest BCUT2D eigenvalue weighted by Gasteiger charge is -2.08. The monoisotopic (exact) mass is 286 g/mol. The first-order valence-corrected chi connectivity index (χ1v) is 6.79. The molecule has 0 spiro atoms. The molecule has 1 amide bonds. The van der Waals surface area contributed by atoms with Crippen molar-refractivity contribution < 1.29 is 14.6 Å². The Balaban J connectivity index is 1.86. The minimum Gasteiger partial charge on any atom is -0.484 e. The Hall–Kier alpha value is -2.40. The first kappa shape index (κ1) is 15.0. The van der Waals surface area contributed by atoms with Gasteiger partial charge in [0.05, 0.1) is 12.3 Å². The maximum absolute atomic E-state index is 11.8. The lowest BCUT2D eigenvalue weighted by atomic mass is 10.2. The SMILES string of the molecule is CCc1ccc(OCC(=O)Nc2cccc(CO)n2)cc1. The number of benzene rings is 1. The van der Waals surface area contributed by atoms with Gasteiger partial charge < -0.3 is 15.2 Å². The summed E-state index contributed by atoms with van der Waals surface area (Å²) in [4.78, 5) is 15.8. The van der Waals surface area contributed by atoms with Crippen LogP contribution in [-0.4, -0.2) is 22.6 Å². The highest BCUT2D eigenvalue weighted by Crippen LogP contribution is 2.12. The van der Waals surface area contributed by atoms with Gasteiger partial charge in [0.1, 0.15) is 11.6 Å². The van der Waals surface area contributed by atoms with Crippen molar-refractivity contribution >= 4 is 11.7 Å². The van der Waals surface area contributed by atoms with E-state index in [0.29, 0.717) is 17.3 Å². The first-order chi connectivity index (χ1) is 10.2. The van der Waals surface area contributed by atoms with Crippen molar-refractivity contribution in [3.05, 3.63) is 53.7 Å². The molecular formula is C16H18N2O3. The Labute approximate surface area is 123 Å². The standard InChI is InChI=1S/C16H18N2O3/c1-2-12-6-8-14(9-7-12)21-11-16(20)18-15-5-3-4-13(10-19)17-15/h3-9,19H,2,10-11H2,1H3,(H,17,18,20). The summed E-state index contributed by atoms with van der Waals surface area (Å²) in [7, 11) is 0. The van der Waals surface area contributed by atoms with E-state index in [2.05, 4.69) is 17.2 Å². The number of aryl methyl sites for hydroxylation is 1. The van der Waals surface area contributed by atoms with Gasteiger partial charge in [0, 0.05) is 0 Å². The molecule has 2 N–H and O–H groups in total. The van der Waals surface area contributed by atoms with E-state index < -0.39 is 0 Å². The first-order valence-electron chi connectivity index (χ1n) is 6.79. The van der Waals surface area contributed by atoms with Crippen molar-refractivity contribution in [1.29, 1.82) is 0 Å². The Morgan fingerprint density at radius 1 is 1.24 bits per heavy atom. The van der Waals surface area contributed by atoms with Crippen LogP contribution in [0.25, 0.3) is 0 Å². The van der Waals surface area contributed by atoms with Crippen molar-refractivity contribution in [1.82, 2.24) is 4.98 Å². The molecule has 0 unspecified atom stereocenters. The molecule has 0 aliphatic carbocycles. The van der Waals surface area contributed by atoms with Crippen LogP contribution < -0.4 is 10.1 Å². The molecule has 1 aromatic carbocycles. The van der Waals surface area contributed by atoms with Gasteiger partial charge in [-0.3, -0.25) is 4.79 Å².